The minimum absolute atomic E-state index is 0.0820. The van der Waals surface area contributed by atoms with Crippen molar-refractivity contribution in [2.75, 3.05) is 29.0 Å². The van der Waals surface area contributed by atoms with Gasteiger partial charge in [-0.15, -0.1) is 0 Å². The Kier molecular flexibility index (Phi) is 4.68. The van der Waals surface area contributed by atoms with E-state index in [1.807, 2.05) is 0 Å². The molecular formula is C16H17F3N6O. The summed E-state index contributed by atoms with van der Waals surface area (Å²) in [5, 5.41) is 20.2. The second-order valence-electron chi connectivity index (χ2n) is 5.90. The molecule has 1 saturated heterocycles. The SMILES string of the molecule is N=Cc1c(Nc2cccc(C(F)(F)F)c2)nc(N)nc1N1CCC(O)C1. The van der Waals surface area contributed by atoms with E-state index in [0.29, 0.717) is 25.3 Å². The Morgan fingerprint density at radius 1 is 1.35 bits per heavy atom. The number of β-amino-alcohol motifs (C(OH)–C–C–N with tert-alkyl or cyclic N) is 1. The van der Waals surface area contributed by atoms with E-state index in [4.69, 9.17) is 11.1 Å². The highest BCUT2D eigenvalue weighted by Crippen LogP contribution is 2.33. The van der Waals surface area contributed by atoms with Crippen LogP contribution in [-0.4, -0.2) is 40.5 Å². The molecule has 1 aromatic carbocycles. The van der Waals surface area contributed by atoms with E-state index >= 15 is 0 Å². The van der Waals surface area contributed by atoms with Gasteiger partial charge in [-0.1, -0.05) is 6.07 Å². The third-order valence-corrected chi connectivity index (χ3v) is 4.00. The first-order chi connectivity index (χ1) is 12.3. The number of nitrogens with one attached hydrogen (secondary N) is 2. The van der Waals surface area contributed by atoms with Crippen LogP contribution in [0.3, 0.4) is 0 Å². The summed E-state index contributed by atoms with van der Waals surface area (Å²) < 4.78 is 38.6. The Bertz CT molecular complexity index is 826. The zero-order chi connectivity index (χ0) is 18.9. The molecule has 1 fully saturated rings. The normalized spacial score (nSPS) is 17.4. The molecule has 1 unspecified atom stereocenters. The lowest BCUT2D eigenvalue weighted by atomic mass is 10.2. The van der Waals surface area contributed by atoms with Gasteiger partial charge in [0.15, 0.2) is 0 Å². The molecule has 7 nitrogen and oxygen atoms in total. The van der Waals surface area contributed by atoms with Crippen LogP contribution >= 0.6 is 0 Å². The van der Waals surface area contributed by atoms with E-state index < -0.39 is 17.8 Å². The number of aliphatic hydroxyl groups excluding tert-OH is 1. The van der Waals surface area contributed by atoms with Crippen molar-refractivity contribution in [1.82, 2.24) is 9.97 Å². The van der Waals surface area contributed by atoms with Gasteiger partial charge in [-0.05, 0) is 24.6 Å². The molecule has 1 atom stereocenters. The predicted octanol–water partition coefficient (Wildman–Crippen LogP) is 2.39. The van der Waals surface area contributed by atoms with Crippen LogP contribution in [-0.2, 0) is 6.18 Å². The molecule has 1 aliphatic heterocycles. The number of aromatic nitrogens is 2. The fourth-order valence-corrected chi connectivity index (χ4v) is 2.79. The monoisotopic (exact) mass is 366 g/mol. The highest BCUT2D eigenvalue weighted by molar-refractivity contribution is 5.92. The third kappa shape index (κ3) is 3.69. The molecule has 10 heteroatoms. The maximum absolute atomic E-state index is 12.9. The van der Waals surface area contributed by atoms with Gasteiger partial charge in [-0.2, -0.15) is 23.1 Å². The number of hydrogen-bond donors (Lipinski definition) is 4. The van der Waals surface area contributed by atoms with E-state index in [1.54, 1.807) is 4.90 Å². The van der Waals surface area contributed by atoms with Gasteiger partial charge >= 0.3 is 6.18 Å². The standard InChI is InChI=1S/C16H17F3N6O/c17-16(18,19)9-2-1-3-10(6-9)22-13-12(7-20)14(24-15(21)23-13)25-5-4-11(26)8-25/h1-3,6-7,11,20,26H,4-5,8H2,(H3,21,22,23,24). The molecule has 0 bridgehead atoms. The zero-order valence-corrected chi connectivity index (χ0v) is 13.6. The zero-order valence-electron chi connectivity index (χ0n) is 13.6. The van der Waals surface area contributed by atoms with Crippen molar-refractivity contribution in [2.24, 2.45) is 0 Å². The summed E-state index contributed by atoms with van der Waals surface area (Å²) in [6, 6.07) is 4.65. The molecule has 0 radical (unpaired) electrons. The smallest absolute Gasteiger partial charge is 0.391 e. The lowest BCUT2D eigenvalue weighted by Crippen LogP contribution is -2.25. The van der Waals surface area contributed by atoms with Crippen LogP contribution in [0, 0.1) is 5.41 Å². The number of benzene rings is 1. The topological polar surface area (TPSA) is 111 Å². The van der Waals surface area contributed by atoms with Gasteiger partial charge in [0.25, 0.3) is 0 Å². The number of nitrogens with zero attached hydrogens (tertiary/aromatic N) is 3. The van der Waals surface area contributed by atoms with Crippen molar-refractivity contribution in [2.45, 2.75) is 18.7 Å². The van der Waals surface area contributed by atoms with Crippen molar-refractivity contribution < 1.29 is 18.3 Å². The summed E-state index contributed by atoms with van der Waals surface area (Å²) in [6.07, 6.45) is -3.42. The Balaban J connectivity index is 1.98. The van der Waals surface area contributed by atoms with Crippen LogP contribution in [0.2, 0.25) is 0 Å². The summed E-state index contributed by atoms with van der Waals surface area (Å²) in [5.41, 5.74) is 5.37. The molecule has 1 aliphatic rings. The van der Waals surface area contributed by atoms with Crippen molar-refractivity contribution in [3.8, 4) is 0 Å². The van der Waals surface area contributed by atoms with E-state index in [1.165, 1.54) is 12.1 Å². The maximum Gasteiger partial charge on any atom is 0.416 e. The average Bonchev–Trinajstić information content (AvgIpc) is 3.00. The highest BCUT2D eigenvalue weighted by atomic mass is 19.4. The number of anilines is 4. The molecule has 1 aromatic heterocycles. The molecule has 138 valence electrons. The van der Waals surface area contributed by atoms with Gasteiger partial charge in [0.2, 0.25) is 5.95 Å². The second kappa shape index (κ2) is 6.79. The minimum atomic E-state index is -4.47. The first-order valence-electron chi connectivity index (χ1n) is 7.83. The lowest BCUT2D eigenvalue weighted by molar-refractivity contribution is -0.137. The van der Waals surface area contributed by atoms with Gasteiger partial charge < -0.3 is 26.5 Å². The van der Waals surface area contributed by atoms with E-state index in [9.17, 15) is 18.3 Å². The maximum atomic E-state index is 12.9. The van der Waals surface area contributed by atoms with Gasteiger partial charge in [0.05, 0.1) is 17.2 Å². The van der Waals surface area contributed by atoms with Crippen molar-refractivity contribution in [3.05, 3.63) is 35.4 Å². The molecule has 5 N–H and O–H groups in total. The fourth-order valence-electron chi connectivity index (χ4n) is 2.79. The van der Waals surface area contributed by atoms with E-state index in [-0.39, 0.29) is 23.0 Å². The number of halogens is 3. The lowest BCUT2D eigenvalue weighted by Gasteiger charge is -2.21. The van der Waals surface area contributed by atoms with Gasteiger partial charge in [0.1, 0.15) is 11.6 Å². The second-order valence-corrected chi connectivity index (χ2v) is 5.90. The molecule has 0 amide bonds. The Labute approximate surface area is 147 Å². The summed E-state index contributed by atoms with van der Waals surface area (Å²) in [7, 11) is 0. The first kappa shape index (κ1) is 17.9. The minimum Gasteiger partial charge on any atom is -0.391 e. The fraction of sp³-hybridized carbons (Fsp3) is 0.312. The highest BCUT2D eigenvalue weighted by Gasteiger charge is 2.30. The summed E-state index contributed by atoms with van der Waals surface area (Å²) in [6.45, 7) is 0.863. The molecule has 26 heavy (non-hydrogen) atoms. The van der Waals surface area contributed by atoms with Crippen LogP contribution in [0.15, 0.2) is 24.3 Å². The van der Waals surface area contributed by atoms with Crippen molar-refractivity contribution in [3.63, 3.8) is 0 Å². The van der Waals surface area contributed by atoms with Gasteiger partial charge in [0, 0.05) is 25.0 Å². The van der Waals surface area contributed by atoms with Crippen LogP contribution in [0.25, 0.3) is 0 Å². The van der Waals surface area contributed by atoms with Crippen LogP contribution < -0.4 is 16.0 Å². The number of rotatable bonds is 4. The van der Waals surface area contributed by atoms with Gasteiger partial charge in [-0.25, -0.2) is 0 Å². The Morgan fingerprint density at radius 2 is 2.12 bits per heavy atom. The molecule has 3 rings (SSSR count). The van der Waals surface area contributed by atoms with Crippen LogP contribution in [0.1, 0.15) is 17.5 Å². The van der Waals surface area contributed by atoms with Gasteiger partial charge in [-0.3, -0.25) is 0 Å². The van der Waals surface area contributed by atoms with Crippen LogP contribution in [0.4, 0.5) is 36.4 Å². The molecule has 0 saturated carbocycles. The van der Waals surface area contributed by atoms with E-state index in [2.05, 4.69) is 15.3 Å². The number of nitrogens with two attached hydrogens (primary N) is 1. The number of nitrogen functional groups attached to an aromatic ring is 1. The molecule has 2 aromatic rings. The van der Waals surface area contributed by atoms with Crippen molar-refractivity contribution >= 4 is 29.5 Å². The van der Waals surface area contributed by atoms with Crippen molar-refractivity contribution in [1.29, 1.82) is 5.41 Å². The average molecular weight is 366 g/mol. The number of alkyl halides is 3. The molecule has 2 heterocycles. The molecule has 0 aliphatic carbocycles. The Morgan fingerprint density at radius 3 is 2.73 bits per heavy atom. The summed E-state index contributed by atoms with van der Waals surface area (Å²) in [4.78, 5) is 9.91. The quantitative estimate of drug-likeness (QED) is 0.619. The number of aliphatic hydroxyl groups is 1. The summed E-state index contributed by atoms with van der Waals surface area (Å²) >= 11 is 0. The first-order valence-corrected chi connectivity index (χ1v) is 7.83. The number of hydrogen-bond acceptors (Lipinski definition) is 7. The third-order valence-electron chi connectivity index (χ3n) is 4.00. The van der Waals surface area contributed by atoms with Crippen LogP contribution in [0.5, 0.6) is 0 Å². The summed E-state index contributed by atoms with van der Waals surface area (Å²) in [5.74, 6) is 0.406. The van der Waals surface area contributed by atoms with E-state index in [0.717, 1.165) is 18.3 Å². The molecule has 0 spiro atoms. The Hall–Kier alpha value is -2.88. The molecular weight excluding hydrogens is 349 g/mol. The predicted molar refractivity (Wildman–Crippen MR) is 91.9 cm³/mol. The largest absolute Gasteiger partial charge is 0.416 e.